The van der Waals surface area contributed by atoms with Crippen molar-refractivity contribution in [1.29, 1.82) is 0 Å². The third-order valence-corrected chi connectivity index (χ3v) is 24.8. The summed E-state index contributed by atoms with van der Waals surface area (Å²) in [6.45, 7) is 49.1. The van der Waals surface area contributed by atoms with Crippen LogP contribution in [0.25, 0.3) is 44.5 Å². The van der Waals surface area contributed by atoms with Crippen molar-refractivity contribution in [3.8, 4) is 44.5 Å². The van der Waals surface area contributed by atoms with E-state index in [4.69, 9.17) is 0 Å². The highest BCUT2D eigenvalue weighted by atomic mass is 14.5. The molecule has 452 valence electrons. The van der Waals surface area contributed by atoms with Crippen LogP contribution in [0.15, 0.2) is 194 Å². The van der Waals surface area contributed by atoms with Gasteiger partial charge in [-0.25, -0.2) is 0 Å². The minimum atomic E-state index is -0.388. The first kappa shape index (κ1) is 58.6. The zero-order valence-corrected chi connectivity index (χ0v) is 57.5. The second kappa shape index (κ2) is 18.5. The van der Waals surface area contributed by atoms with Crippen molar-refractivity contribution in [2.24, 2.45) is 0 Å². The first-order valence-corrected chi connectivity index (χ1v) is 33.6. The monoisotopic (exact) mass is 1170 g/mol. The van der Waals surface area contributed by atoms with E-state index < -0.39 is 0 Å². The van der Waals surface area contributed by atoms with Gasteiger partial charge in [-0.05, 0) is 204 Å². The minimum absolute atomic E-state index is 0.149. The van der Waals surface area contributed by atoms with E-state index in [2.05, 4.69) is 333 Å². The van der Waals surface area contributed by atoms with Gasteiger partial charge in [-0.3, -0.25) is 0 Å². The zero-order valence-electron chi connectivity index (χ0n) is 57.5. The third-order valence-electron chi connectivity index (χ3n) is 24.8. The van der Waals surface area contributed by atoms with Gasteiger partial charge in [-0.15, -0.1) is 0 Å². The molecular weight excluding hydrogens is 1080 g/mol. The van der Waals surface area contributed by atoms with Crippen LogP contribution in [-0.2, 0) is 54.1 Å². The van der Waals surface area contributed by atoms with E-state index >= 15 is 0 Å². The van der Waals surface area contributed by atoms with Crippen LogP contribution in [0.5, 0.6) is 0 Å². The molecule has 0 heterocycles. The van der Waals surface area contributed by atoms with Gasteiger partial charge in [0.15, 0.2) is 0 Å². The summed E-state index contributed by atoms with van der Waals surface area (Å²) in [6, 6.07) is 77.6. The standard InChI is InChI=1S/C90H92/c1-81(2)61-29-21-25-33-65(61)85(9,10)73-45-53(37-41-69(73)81)57-49-77-78(50-58(57)54-38-42-70-74(46-54)86(11,12)66-34-26-22-30-62(66)82(70,3)4)90(19,20)80-52-60(56-40-44-72-76(48-56)88(15,16)68-36-28-24-32-64(68)84(72,7)8)59(51-79(80)89(77,17)18)55-39-43-71-75(47-55)87(13,14)67-35-27-23-31-63(67)83(71,5)6/h21-52H,1-20H3. The molecule has 0 aromatic heterocycles. The molecule has 5 aliphatic carbocycles. The molecule has 0 amide bonds. The van der Waals surface area contributed by atoms with Crippen LogP contribution in [0.1, 0.15) is 250 Å². The average molecular weight is 1170 g/mol. The maximum absolute atomic E-state index is 2.66. The van der Waals surface area contributed by atoms with Gasteiger partial charge in [0.2, 0.25) is 0 Å². The third kappa shape index (κ3) is 7.66. The van der Waals surface area contributed by atoms with Crippen molar-refractivity contribution in [3.05, 3.63) is 305 Å². The predicted molar refractivity (Wildman–Crippen MR) is 382 cm³/mol. The largest absolute Gasteiger partial charge is 0.0619 e. The van der Waals surface area contributed by atoms with E-state index in [1.54, 1.807) is 0 Å². The quantitative estimate of drug-likeness (QED) is 0.165. The summed E-state index contributed by atoms with van der Waals surface area (Å²) in [5, 5.41) is 0. The Hall–Kier alpha value is -7.80. The lowest BCUT2D eigenvalue weighted by atomic mass is 9.57. The highest BCUT2D eigenvalue weighted by molar-refractivity contribution is 5.91. The molecule has 0 unspecified atom stereocenters. The summed E-state index contributed by atoms with van der Waals surface area (Å²) in [5.41, 5.74) is 36.4. The Morgan fingerprint density at radius 1 is 0.133 bits per heavy atom. The number of hydrogen-bond acceptors (Lipinski definition) is 0. The molecule has 90 heavy (non-hydrogen) atoms. The van der Waals surface area contributed by atoms with Gasteiger partial charge in [-0.2, -0.15) is 0 Å². The summed E-state index contributed by atoms with van der Waals surface area (Å²) in [6.07, 6.45) is 0. The summed E-state index contributed by atoms with van der Waals surface area (Å²) >= 11 is 0. The molecule has 0 N–H and O–H groups in total. The van der Waals surface area contributed by atoms with Crippen molar-refractivity contribution in [2.45, 2.75) is 193 Å². The Bertz CT molecular complexity index is 4150. The Balaban J connectivity index is 0.987. The molecule has 10 aromatic rings. The maximum atomic E-state index is 2.66. The van der Waals surface area contributed by atoms with E-state index in [9.17, 15) is 0 Å². The molecule has 0 saturated heterocycles. The predicted octanol–water partition coefficient (Wildman–Crippen LogP) is 23.2. The van der Waals surface area contributed by atoms with Gasteiger partial charge >= 0.3 is 0 Å². The van der Waals surface area contributed by atoms with E-state index in [1.165, 1.54) is 156 Å². The molecule has 0 atom stereocenters. The van der Waals surface area contributed by atoms with Crippen LogP contribution >= 0.6 is 0 Å². The molecule has 0 bridgehead atoms. The smallest absolute Gasteiger partial charge is 0.0153 e. The Morgan fingerprint density at radius 2 is 0.256 bits per heavy atom. The molecule has 0 saturated carbocycles. The number of rotatable bonds is 4. The van der Waals surface area contributed by atoms with Crippen LogP contribution in [-0.4, -0.2) is 0 Å². The van der Waals surface area contributed by atoms with Crippen molar-refractivity contribution in [3.63, 3.8) is 0 Å². The number of hydrogen-bond donors (Lipinski definition) is 0. The Labute approximate surface area is 539 Å². The lowest BCUT2D eigenvalue weighted by molar-refractivity contribution is 0.519. The first-order chi connectivity index (χ1) is 42.2. The van der Waals surface area contributed by atoms with Crippen molar-refractivity contribution in [2.75, 3.05) is 0 Å². The summed E-state index contributed by atoms with van der Waals surface area (Å²) in [7, 11) is 0. The molecule has 0 fully saturated rings. The van der Waals surface area contributed by atoms with Gasteiger partial charge < -0.3 is 0 Å². The molecule has 0 nitrogen and oxygen atoms in total. The molecule has 10 aromatic carbocycles. The lowest BCUT2D eigenvalue weighted by Crippen LogP contribution is -2.37. The Kier molecular flexibility index (Phi) is 12.0. The van der Waals surface area contributed by atoms with Crippen LogP contribution < -0.4 is 0 Å². The van der Waals surface area contributed by atoms with Crippen molar-refractivity contribution >= 4 is 0 Å². The molecule has 0 aliphatic heterocycles. The van der Waals surface area contributed by atoms with Crippen LogP contribution in [0.2, 0.25) is 0 Å². The van der Waals surface area contributed by atoms with Crippen molar-refractivity contribution < 1.29 is 0 Å². The summed E-state index contributed by atoms with van der Waals surface area (Å²) in [5.74, 6) is 0. The minimum Gasteiger partial charge on any atom is -0.0619 e. The second-order valence-electron chi connectivity index (χ2n) is 33.4. The van der Waals surface area contributed by atoms with Crippen LogP contribution in [0.3, 0.4) is 0 Å². The van der Waals surface area contributed by atoms with E-state index in [0.717, 1.165) is 0 Å². The van der Waals surface area contributed by atoms with Gasteiger partial charge in [0.25, 0.3) is 0 Å². The first-order valence-electron chi connectivity index (χ1n) is 33.6. The van der Waals surface area contributed by atoms with E-state index in [-0.39, 0.29) is 54.1 Å². The number of fused-ring (bicyclic) bond motifs is 10. The fraction of sp³-hybridized carbons (Fsp3) is 0.333. The zero-order chi connectivity index (χ0) is 63.8. The van der Waals surface area contributed by atoms with Gasteiger partial charge in [0.1, 0.15) is 0 Å². The van der Waals surface area contributed by atoms with Gasteiger partial charge in [0, 0.05) is 54.1 Å². The van der Waals surface area contributed by atoms with Crippen molar-refractivity contribution in [1.82, 2.24) is 0 Å². The molecule has 5 aliphatic rings. The summed E-state index contributed by atoms with van der Waals surface area (Å²) < 4.78 is 0. The fourth-order valence-electron chi connectivity index (χ4n) is 19.1. The lowest BCUT2D eigenvalue weighted by Gasteiger charge is -2.46. The summed E-state index contributed by atoms with van der Waals surface area (Å²) in [4.78, 5) is 0. The van der Waals surface area contributed by atoms with E-state index in [1.807, 2.05) is 0 Å². The molecular formula is C90H92. The highest BCUT2D eigenvalue weighted by Gasteiger charge is 2.48. The maximum Gasteiger partial charge on any atom is 0.0153 e. The van der Waals surface area contributed by atoms with Gasteiger partial charge in [0.05, 0.1) is 0 Å². The molecule has 0 spiro atoms. The second-order valence-corrected chi connectivity index (χ2v) is 33.4. The van der Waals surface area contributed by atoms with Crippen LogP contribution in [0, 0.1) is 0 Å². The normalized spacial score (nSPS) is 19.8. The van der Waals surface area contributed by atoms with E-state index in [0.29, 0.717) is 0 Å². The SMILES string of the molecule is CC1(C)c2ccccc2C(C)(C)c2cc(-c3cc4c(cc3-c3ccc5c(c3)C(C)(C)c3ccccc3C5(C)C)C(C)(C)c3cc(-c5ccc6c(c5)C(C)(C)c5ccccc5C6(C)C)c(-c5ccc6c(c5)C(C)(C)c5ccccc5C6(C)C)cc3C4(C)C)ccc21. The average Bonchev–Trinajstić information content (AvgIpc) is 0.716. The fourth-order valence-corrected chi connectivity index (χ4v) is 19.1. The molecule has 0 heteroatoms. The van der Waals surface area contributed by atoms with Crippen LogP contribution in [0.4, 0.5) is 0 Å². The topological polar surface area (TPSA) is 0 Å². The Morgan fingerprint density at radius 3 is 0.422 bits per heavy atom. The molecule has 15 rings (SSSR count). The molecule has 0 radical (unpaired) electrons. The number of benzene rings is 10. The van der Waals surface area contributed by atoms with Gasteiger partial charge in [-0.1, -0.05) is 284 Å². The highest BCUT2D eigenvalue weighted by Crippen LogP contribution is 2.60.